The molecule has 5 heteroatoms. The second-order valence-corrected chi connectivity index (χ2v) is 4.53. The molecule has 3 aromatic rings. The van der Waals surface area contributed by atoms with Gasteiger partial charge >= 0.3 is 0 Å². The molecule has 2 aromatic heterocycles. The van der Waals surface area contributed by atoms with E-state index in [1.165, 1.54) is 11.1 Å². The standard InChI is InChI=1S/C13H11ClN4/c1-9-4-2-3-5-10(9)6-12-16-17-13-8-15-7-11(14)18(12)13/h2-5,7-8H,6H2,1H3. The van der Waals surface area contributed by atoms with Crippen LogP contribution in [0.2, 0.25) is 5.15 Å². The number of aromatic nitrogens is 4. The van der Waals surface area contributed by atoms with Gasteiger partial charge in [0.1, 0.15) is 11.0 Å². The zero-order chi connectivity index (χ0) is 12.5. The first-order chi connectivity index (χ1) is 8.75. The Labute approximate surface area is 109 Å². The molecule has 0 amide bonds. The largest absolute Gasteiger partial charge is 0.266 e. The average molecular weight is 259 g/mol. The van der Waals surface area contributed by atoms with E-state index in [1.807, 2.05) is 16.5 Å². The molecule has 0 saturated carbocycles. The minimum Gasteiger partial charge on any atom is -0.266 e. The van der Waals surface area contributed by atoms with E-state index in [4.69, 9.17) is 11.6 Å². The van der Waals surface area contributed by atoms with E-state index in [-0.39, 0.29) is 0 Å². The van der Waals surface area contributed by atoms with E-state index in [1.54, 1.807) is 12.4 Å². The molecule has 1 aromatic carbocycles. The molecule has 2 heterocycles. The number of benzene rings is 1. The van der Waals surface area contributed by atoms with Crippen molar-refractivity contribution in [3.8, 4) is 0 Å². The maximum Gasteiger partial charge on any atom is 0.180 e. The molecule has 0 aliphatic heterocycles. The topological polar surface area (TPSA) is 43.1 Å². The van der Waals surface area contributed by atoms with Gasteiger partial charge in [-0.2, -0.15) is 0 Å². The maximum atomic E-state index is 6.13. The van der Waals surface area contributed by atoms with Crippen LogP contribution in [0.25, 0.3) is 5.65 Å². The number of hydrogen-bond acceptors (Lipinski definition) is 3. The lowest BCUT2D eigenvalue weighted by atomic mass is 10.1. The lowest BCUT2D eigenvalue weighted by molar-refractivity contribution is 0.926. The predicted octanol–water partition coefficient (Wildman–Crippen LogP) is 2.68. The van der Waals surface area contributed by atoms with E-state index in [0.29, 0.717) is 17.2 Å². The van der Waals surface area contributed by atoms with Crippen LogP contribution in [0.4, 0.5) is 0 Å². The molecule has 0 bridgehead atoms. The highest BCUT2D eigenvalue weighted by atomic mass is 35.5. The van der Waals surface area contributed by atoms with E-state index < -0.39 is 0 Å². The van der Waals surface area contributed by atoms with Crippen LogP contribution in [0.5, 0.6) is 0 Å². The molecular formula is C13H11ClN4. The minimum absolute atomic E-state index is 0.529. The Balaban J connectivity index is 2.09. The molecule has 0 aliphatic rings. The Hall–Kier alpha value is -1.94. The molecule has 18 heavy (non-hydrogen) atoms. The summed E-state index contributed by atoms with van der Waals surface area (Å²) in [5.41, 5.74) is 3.13. The van der Waals surface area contributed by atoms with Crippen molar-refractivity contribution in [2.45, 2.75) is 13.3 Å². The molecule has 0 spiro atoms. The van der Waals surface area contributed by atoms with E-state index in [0.717, 1.165) is 5.82 Å². The van der Waals surface area contributed by atoms with Crippen molar-refractivity contribution in [1.29, 1.82) is 0 Å². The minimum atomic E-state index is 0.529. The average Bonchev–Trinajstić information content (AvgIpc) is 2.77. The molecule has 3 rings (SSSR count). The van der Waals surface area contributed by atoms with Gasteiger partial charge < -0.3 is 0 Å². The summed E-state index contributed by atoms with van der Waals surface area (Å²) in [4.78, 5) is 4.00. The number of aryl methyl sites for hydroxylation is 1. The molecule has 4 nitrogen and oxygen atoms in total. The van der Waals surface area contributed by atoms with E-state index in [2.05, 4.69) is 34.2 Å². The first-order valence-corrected chi connectivity index (χ1v) is 6.01. The van der Waals surface area contributed by atoms with Crippen LogP contribution in [0, 0.1) is 6.92 Å². The van der Waals surface area contributed by atoms with Crippen molar-refractivity contribution in [2.24, 2.45) is 0 Å². The van der Waals surface area contributed by atoms with Gasteiger partial charge in [0.25, 0.3) is 0 Å². The van der Waals surface area contributed by atoms with Crippen LogP contribution in [0.1, 0.15) is 17.0 Å². The van der Waals surface area contributed by atoms with Crippen molar-refractivity contribution in [3.05, 3.63) is 58.8 Å². The second-order valence-electron chi connectivity index (χ2n) is 4.14. The molecule has 0 atom stereocenters. The Bertz CT molecular complexity index is 705. The molecule has 0 unspecified atom stereocenters. The summed E-state index contributed by atoms with van der Waals surface area (Å²) in [6.07, 6.45) is 3.96. The Morgan fingerprint density at radius 3 is 2.83 bits per heavy atom. The summed E-state index contributed by atoms with van der Waals surface area (Å²) in [6.45, 7) is 2.09. The highest BCUT2D eigenvalue weighted by molar-refractivity contribution is 6.29. The summed E-state index contributed by atoms with van der Waals surface area (Å²) in [5, 5.41) is 8.78. The van der Waals surface area contributed by atoms with Gasteiger partial charge in [0.2, 0.25) is 0 Å². The maximum absolute atomic E-state index is 6.13. The lowest BCUT2D eigenvalue weighted by Gasteiger charge is -2.04. The number of rotatable bonds is 2. The highest BCUT2D eigenvalue weighted by Crippen LogP contribution is 2.16. The summed E-state index contributed by atoms with van der Waals surface area (Å²) in [6, 6.07) is 8.22. The first-order valence-electron chi connectivity index (χ1n) is 5.64. The quantitative estimate of drug-likeness (QED) is 0.710. The van der Waals surface area contributed by atoms with Gasteiger partial charge in [-0.15, -0.1) is 10.2 Å². The van der Waals surface area contributed by atoms with E-state index >= 15 is 0 Å². The van der Waals surface area contributed by atoms with Gasteiger partial charge in [-0.1, -0.05) is 35.9 Å². The summed E-state index contributed by atoms with van der Waals surface area (Å²) in [7, 11) is 0. The van der Waals surface area contributed by atoms with Crippen LogP contribution in [0.15, 0.2) is 36.7 Å². The van der Waals surface area contributed by atoms with Gasteiger partial charge in [0.05, 0.1) is 12.4 Å². The zero-order valence-corrected chi connectivity index (χ0v) is 10.6. The van der Waals surface area contributed by atoms with Crippen LogP contribution in [-0.4, -0.2) is 19.6 Å². The predicted molar refractivity (Wildman–Crippen MR) is 69.8 cm³/mol. The Morgan fingerprint density at radius 2 is 2.00 bits per heavy atom. The van der Waals surface area contributed by atoms with Gasteiger partial charge in [0.15, 0.2) is 5.65 Å². The number of halogens is 1. The van der Waals surface area contributed by atoms with Gasteiger partial charge in [-0.05, 0) is 18.1 Å². The van der Waals surface area contributed by atoms with Crippen LogP contribution >= 0.6 is 11.6 Å². The normalized spacial score (nSPS) is 11.0. The smallest absolute Gasteiger partial charge is 0.180 e. The van der Waals surface area contributed by atoms with Gasteiger partial charge in [-0.3, -0.25) is 9.38 Å². The molecule has 0 N–H and O–H groups in total. The summed E-state index contributed by atoms with van der Waals surface area (Å²) < 4.78 is 1.82. The number of hydrogen-bond donors (Lipinski definition) is 0. The van der Waals surface area contributed by atoms with Crippen molar-refractivity contribution in [3.63, 3.8) is 0 Å². The van der Waals surface area contributed by atoms with Gasteiger partial charge in [0, 0.05) is 6.42 Å². The third kappa shape index (κ3) is 1.84. The monoisotopic (exact) mass is 258 g/mol. The third-order valence-corrected chi connectivity index (χ3v) is 3.22. The Kier molecular flexibility index (Phi) is 2.72. The second kappa shape index (κ2) is 4.38. The zero-order valence-electron chi connectivity index (χ0n) is 9.84. The third-order valence-electron chi connectivity index (χ3n) is 2.95. The highest BCUT2D eigenvalue weighted by Gasteiger charge is 2.10. The fourth-order valence-electron chi connectivity index (χ4n) is 1.96. The number of fused-ring (bicyclic) bond motifs is 1. The first kappa shape index (κ1) is 11.2. The lowest BCUT2D eigenvalue weighted by Crippen LogP contribution is -1.99. The van der Waals surface area contributed by atoms with Crippen LogP contribution < -0.4 is 0 Å². The Morgan fingerprint density at radius 1 is 1.17 bits per heavy atom. The summed E-state index contributed by atoms with van der Waals surface area (Å²) in [5.74, 6) is 0.826. The van der Waals surface area contributed by atoms with Crippen molar-refractivity contribution >= 4 is 17.2 Å². The summed E-state index contributed by atoms with van der Waals surface area (Å²) >= 11 is 6.13. The molecular weight excluding hydrogens is 248 g/mol. The van der Waals surface area contributed by atoms with E-state index in [9.17, 15) is 0 Å². The molecule has 0 fully saturated rings. The fourth-order valence-corrected chi connectivity index (χ4v) is 2.20. The van der Waals surface area contributed by atoms with Crippen LogP contribution in [0.3, 0.4) is 0 Å². The van der Waals surface area contributed by atoms with Crippen molar-refractivity contribution in [2.75, 3.05) is 0 Å². The number of nitrogens with zero attached hydrogens (tertiary/aromatic N) is 4. The van der Waals surface area contributed by atoms with Crippen LogP contribution in [-0.2, 0) is 6.42 Å². The molecule has 0 radical (unpaired) electrons. The van der Waals surface area contributed by atoms with Crippen molar-refractivity contribution < 1.29 is 0 Å². The van der Waals surface area contributed by atoms with Crippen molar-refractivity contribution in [1.82, 2.24) is 19.6 Å². The SMILES string of the molecule is Cc1ccccc1Cc1nnc2cncc(Cl)n12. The fraction of sp³-hybridized carbons (Fsp3) is 0.154. The molecule has 0 aliphatic carbocycles. The molecule has 90 valence electrons. The van der Waals surface area contributed by atoms with Gasteiger partial charge in [-0.25, -0.2) is 0 Å². The molecule has 0 saturated heterocycles.